The Morgan fingerprint density at radius 1 is 1.38 bits per heavy atom. The molecule has 1 saturated heterocycles. The number of rotatable bonds is 5. The Hall–Kier alpha value is -1.84. The molecule has 0 saturated carbocycles. The summed E-state index contributed by atoms with van der Waals surface area (Å²) in [5.41, 5.74) is 1.97. The van der Waals surface area contributed by atoms with Crippen molar-refractivity contribution in [2.75, 3.05) is 11.4 Å². The van der Waals surface area contributed by atoms with Gasteiger partial charge in [-0.05, 0) is 37.0 Å². The van der Waals surface area contributed by atoms with Crippen molar-refractivity contribution in [3.63, 3.8) is 0 Å². The van der Waals surface area contributed by atoms with Crippen molar-refractivity contribution in [1.82, 2.24) is 5.32 Å². The molecule has 114 valence electrons. The van der Waals surface area contributed by atoms with Crippen LogP contribution in [-0.4, -0.2) is 18.4 Å². The molecule has 1 atom stereocenters. The quantitative estimate of drug-likeness (QED) is 0.905. The average Bonchev–Trinajstić information content (AvgIpc) is 2.52. The fraction of sp³-hybridized carbons (Fsp3) is 0.529. The zero-order chi connectivity index (χ0) is 15.2. The van der Waals surface area contributed by atoms with Crippen LogP contribution in [-0.2, 0) is 16.1 Å². The van der Waals surface area contributed by atoms with E-state index in [2.05, 4.69) is 5.32 Å². The lowest BCUT2D eigenvalue weighted by Crippen LogP contribution is -2.35. The number of carbonyl (C=O) groups excluding carboxylic acids is 2. The summed E-state index contributed by atoms with van der Waals surface area (Å²) in [6, 6.07) is 7.89. The summed E-state index contributed by atoms with van der Waals surface area (Å²) in [5, 5.41) is 2.95. The summed E-state index contributed by atoms with van der Waals surface area (Å²) in [7, 11) is 0. The van der Waals surface area contributed by atoms with Crippen molar-refractivity contribution < 1.29 is 9.59 Å². The van der Waals surface area contributed by atoms with E-state index in [0.29, 0.717) is 13.0 Å². The third kappa shape index (κ3) is 4.06. The summed E-state index contributed by atoms with van der Waals surface area (Å²) in [4.78, 5) is 25.6. The molecule has 1 aliphatic heterocycles. The van der Waals surface area contributed by atoms with Gasteiger partial charge in [0.1, 0.15) is 0 Å². The van der Waals surface area contributed by atoms with Crippen LogP contribution in [0.2, 0.25) is 0 Å². The van der Waals surface area contributed by atoms with Crippen LogP contribution in [0.1, 0.15) is 45.1 Å². The van der Waals surface area contributed by atoms with Crippen molar-refractivity contribution >= 4 is 17.5 Å². The lowest BCUT2D eigenvalue weighted by atomic mass is 10.1. The normalized spacial score (nSPS) is 16.7. The largest absolute Gasteiger partial charge is 0.352 e. The van der Waals surface area contributed by atoms with E-state index >= 15 is 0 Å². The van der Waals surface area contributed by atoms with Crippen molar-refractivity contribution in [3.8, 4) is 0 Å². The molecular weight excluding hydrogens is 264 g/mol. The Morgan fingerprint density at radius 2 is 2.19 bits per heavy atom. The predicted molar refractivity (Wildman–Crippen MR) is 83.9 cm³/mol. The van der Waals surface area contributed by atoms with Gasteiger partial charge >= 0.3 is 0 Å². The third-order valence-corrected chi connectivity index (χ3v) is 4.07. The van der Waals surface area contributed by atoms with E-state index < -0.39 is 0 Å². The van der Waals surface area contributed by atoms with E-state index in [1.807, 2.05) is 43.0 Å². The van der Waals surface area contributed by atoms with Crippen LogP contribution >= 0.6 is 0 Å². The molecule has 0 aliphatic carbocycles. The summed E-state index contributed by atoms with van der Waals surface area (Å²) in [6.07, 6.45) is 3.52. The third-order valence-electron chi connectivity index (χ3n) is 4.07. The molecule has 1 aromatic rings. The maximum Gasteiger partial charge on any atom is 0.226 e. The highest BCUT2D eigenvalue weighted by Crippen LogP contribution is 2.21. The lowest BCUT2D eigenvalue weighted by molar-refractivity contribution is -0.124. The summed E-state index contributed by atoms with van der Waals surface area (Å²) < 4.78 is 0. The number of benzene rings is 1. The van der Waals surface area contributed by atoms with Crippen LogP contribution in [0, 0.1) is 5.92 Å². The van der Waals surface area contributed by atoms with Crippen molar-refractivity contribution in [1.29, 1.82) is 0 Å². The minimum Gasteiger partial charge on any atom is -0.352 e. The van der Waals surface area contributed by atoms with Crippen molar-refractivity contribution in [2.45, 2.75) is 46.1 Å². The first-order valence-corrected chi connectivity index (χ1v) is 7.79. The van der Waals surface area contributed by atoms with Crippen LogP contribution in [0.5, 0.6) is 0 Å². The van der Waals surface area contributed by atoms with Crippen LogP contribution in [0.25, 0.3) is 0 Å². The first-order chi connectivity index (χ1) is 10.1. The van der Waals surface area contributed by atoms with Crippen molar-refractivity contribution in [3.05, 3.63) is 29.8 Å². The number of hydrogen-bond acceptors (Lipinski definition) is 2. The van der Waals surface area contributed by atoms with Crippen LogP contribution in [0.4, 0.5) is 5.69 Å². The maximum absolute atomic E-state index is 12.0. The monoisotopic (exact) mass is 288 g/mol. The lowest BCUT2D eigenvalue weighted by Gasteiger charge is -2.27. The predicted octanol–water partition coefficient (Wildman–Crippen LogP) is 2.87. The van der Waals surface area contributed by atoms with E-state index in [1.54, 1.807) is 0 Å². The number of hydrogen-bond donors (Lipinski definition) is 1. The molecule has 1 heterocycles. The molecule has 0 radical (unpaired) electrons. The molecule has 4 nitrogen and oxygen atoms in total. The first kappa shape index (κ1) is 15.5. The zero-order valence-corrected chi connectivity index (χ0v) is 12.9. The van der Waals surface area contributed by atoms with Crippen LogP contribution in [0.3, 0.4) is 0 Å². The Kier molecular flexibility index (Phi) is 5.37. The van der Waals surface area contributed by atoms with Gasteiger partial charge in [0, 0.05) is 31.1 Å². The minimum absolute atomic E-state index is 0.0388. The molecule has 0 bridgehead atoms. The highest BCUT2D eigenvalue weighted by atomic mass is 16.2. The molecule has 21 heavy (non-hydrogen) atoms. The Morgan fingerprint density at radius 3 is 2.90 bits per heavy atom. The SMILES string of the molecule is CC[C@H](C)C(=O)NCc1cccc(N2CCCCC2=O)c1. The second-order valence-corrected chi connectivity index (χ2v) is 5.70. The highest BCUT2D eigenvalue weighted by Gasteiger charge is 2.19. The molecule has 0 aromatic heterocycles. The summed E-state index contributed by atoms with van der Waals surface area (Å²) in [5.74, 6) is 0.316. The second-order valence-electron chi connectivity index (χ2n) is 5.70. The Balaban J connectivity index is 2.00. The molecule has 2 amide bonds. The van der Waals surface area contributed by atoms with Crippen LogP contribution < -0.4 is 10.2 Å². The van der Waals surface area contributed by atoms with Gasteiger partial charge in [0.15, 0.2) is 0 Å². The molecular formula is C17H24N2O2. The van der Waals surface area contributed by atoms with Gasteiger partial charge in [0.25, 0.3) is 0 Å². The van der Waals surface area contributed by atoms with Gasteiger partial charge in [-0.3, -0.25) is 9.59 Å². The average molecular weight is 288 g/mol. The smallest absolute Gasteiger partial charge is 0.226 e. The van der Waals surface area contributed by atoms with E-state index in [1.165, 1.54) is 0 Å². The van der Waals surface area contributed by atoms with Gasteiger partial charge in [-0.1, -0.05) is 26.0 Å². The number of anilines is 1. The maximum atomic E-state index is 12.0. The molecule has 1 fully saturated rings. The van der Waals surface area contributed by atoms with E-state index in [9.17, 15) is 9.59 Å². The van der Waals surface area contributed by atoms with Gasteiger partial charge in [-0.15, -0.1) is 0 Å². The van der Waals surface area contributed by atoms with E-state index in [4.69, 9.17) is 0 Å². The standard InChI is InChI=1S/C17H24N2O2/c1-3-13(2)17(21)18-12-14-7-6-8-15(11-14)19-10-5-4-9-16(19)20/h6-8,11,13H,3-5,9-10,12H2,1-2H3,(H,18,21)/t13-/m0/s1. The van der Waals surface area contributed by atoms with Crippen molar-refractivity contribution in [2.24, 2.45) is 5.92 Å². The number of nitrogens with one attached hydrogen (secondary N) is 1. The van der Waals surface area contributed by atoms with Gasteiger partial charge < -0.3 is 10.2 Å². The van der Waals surface area contributed by atoms with Gasteiger partial charge in [-0.2, -0.15) is 0 Å². The highest BCUT2D eigenvalue weighted by molar-refractivity contribution is 5.94. The molecule has 0 unspecified atom stereocenters. The van der Waals surface area contributed by atoms with Gasteiger partial charge in [0.05, 0.1) is 0 Å². The summed E-state index contributed by atoms with van der Waals surface area (Å²) >= 11 is 0. The van der Waals surface area contributed by atoms with Gasteiger partial charge in [-0.25, -0.2) is 0 Å². The van der Waals surface area contributed by atoms with E-state index in [0.717, 1.165) is 37.1 Å². The number of nitrogens with zero attached hydrogens (tertiary/aromatic N) is 1. The zero-order valence-electron chi connectivity index (χ0n) is 12.9. The molecule has 2 rings (SSSR count). The van der Waals surface area contributed by atoms with Crippen LogP contribution in [0.15, 0.2) is 24.3 Å². The van der Waals surface area contributed by atoms with E-state index in [-0.39, 0.29) is 17.7 Å². The fourth-order valence-corrected chi connectivity index (χ4v) is 2.46. The Bertz CT molecular complexity index is 513. The Labute approximate surface area is 126 Å². The fourth-order valence-electron chi connectivity index (χ4n) is 2.46. The number of amides is 2. The molecule has 4 heteroatoms. The molecule has 0 spiro atoms. The van der Waals surface area contributed by atoms with Gasteiger partial charge in [0.2, 0.25) is 11.8 Å². The minimum atomic E-state index is 0.0388. The molecule has 1 aromatic carbocycles. The molecule has 1 N–H and O–H groups in total. The number of carbonyl (C=O) groups is 2. The summed E-state index contributed by atoms with van der Waals surface area (Å²) in [6.45, 7) is 5.24. The number of piperidine rings is 1. The second kappa shape index (κ2) is 7.25. The molecule has 1 aliphatic rings. The first-order valence-electron chi connectivity index (χ1n) is 7.79. The topological polar surface area (TPSA) is 49.4 Å².